The van der Waals surface area contributed by atoms with E-state index in [4.69, 9.17) is 32.5 Å². The van der Waals surface area contributed by atoms with Crippen LogP contribution in [0, 0.1) is 0 Å². The van der Waals surface area contributed by atoms with Gasteiger partial charge in [-0.1, -0.05) is 41.7 Å². The Morgan fingerprint density at radius 2 is 1.75 bits per heavy atom. The third-order valence-corrected chi connectivity index (χ3v) is 5.09. The molecule has 0 radical (unpaired) electrons. The Bertz CT molecular complexity index is 1140. The first-order valence-corrected chi connectivity index (χ1v) is 9.66. The summed E-state index contributed by atoms with van der Waals surface area (Å²) in [7, 11) is 0. The quantitative estimate of drug-likeness (QED) is 0.374. The van der Waals surface area contributed by atoms with E-state index in [0.29, 0.717) is 27.4 Å². The predicted molar refractivity (Wildman–Crippen MR) is 112 cm³/mol. The highest BCUT2D eigenvalue weighted by Crippen LogP contribution is 2.40. The zero-order valence-electron chi connectivity index (χ0n) is 15.1. The lowest BCUT2D eigenvalue weighted by molar-refractivity contribution is 0.457. The standard InChI is InChI=1S/C22H17Cl2NO3/c1-2-3-13-12-16(27-15-6-4-14(23)5-7-15)8-9-17(13)22-20-19(28-25-22)11-10-18(26)21(20)24/h4-12,26H,2-3H2,1H3. The van der Waals surface area contributed by atoms with E-state index in [0.717, 1.165) is 29.7 Å². The van der Waals surface area contributed by atoms with E-state index in [1.807, 2.05) is 30.3 Å². The molecule has 0 amide bonds. The Morgan fingerprint density at radius 1 is 1.00 bits per heavy atom. The van der Waals surface area contributed by atoms with Crippen LogP contribution in [0.1, 0.15) is 18.9 Å². The van der Waals surface area contributed by atoms with Crippen molar-refractivity contribution in [1.82, 2.24) is 5.16 Å². The molecule has 142 valence electrons. The highest BCUT2D eigenvalue weighted by molar-refractivity contribution is 6.37. The van der Waals surface area contributed by atoms with Crippen molar-refractivity contribution in [3.63, 3.8) is 0 Å². The smallest absolute Gasteiger partial charge is 0.169 e. The zero-order valence-corrected chi connectivity index (χ0v) is 16.6. The van der Waals surface area contributed by atoms with Crippen LogP contribution in [-0.2, 0) is 6.42 Å². The van der Waals surface area contributed by atoms with Crippen LogP contribution in [0.2, 0.25) is 10.0 Å². The van der Waals surface area contributed by atoms with Gasteiger partial charge >= 0.3 is 0 Å². The van der Waals surface area contributed by atoms with Crippen LogP contribution in [0.15, 0.2) is 59.1 Å². The molecular weight excluding hydrogens is 397 g/mol. The van der Waals surface area contributed by atoms with Crippen molar-refractivity contribution >= 4 is 34.2 Å². The van der Waals surface area contributed by atoms with Crippen molar-refractivity contribution in [3.05, 3.63) is 70.2 Å². The van der Waals surface area contributed by atoms with Gasteiger partial charge in [0.05, 0.1) is 10.4 Å². The van der Waals surface area contributed by atoms with Crippen molar-refractivity contribution < 1.29 is 14.4 Å². The van der Waals surface area contributed by atoms with Crippen LogP contribution >= 0.6 is 23.2 Å². The summed E-state index contributed by atoms with van der Waals surface area (Å²) in [5.74, 6) is 1.43. The summed E-state index contributed by atoms with van der Waals surface area (Å²) in [4.78, 5) is 0. The molecule has 6 heteroatoms. The third-order valence-electron chi connectivity index (χ3n) is 4.46. The van der Waals surface area contributed by atoms with Gasteiger partial charge in [0.1, 0.15) is 22.9 Å². The molecule has 1 N–H and O–H groups in total. The van der Waals surface area contributed by atoms with Gasteiger partial charge in [-0.2, -0.15) is 0 Å². The van der Waals surface area contributed by atoms with E-state index < -0.39 is 0 Å². The minimum absolute atomic E-state index is 0.00153. The lowest BCUT2D eigenvalue weighted by atomic mass is 9.98. The van der Waals surface area contributed by atoms with Gasteiger partial charge in [-0.05, 0) is 66.6 Å². The highest BCUT2D eigenvalue weighted by atomic mass is 35.5. The molecule has 28 heavy (non-hydrogen) atoms. The molecule has 0 spiro atoms. The van der Waals surface area contributed by atoms with Crippen LogP contribution in [0.5, 0.6) is 17.2 Å². The molecule has 0 unspecified atom stereocenters. The van der Waals surface area contributed by atoms with E-state index in [1.54, 1.807) is 18.2 Å². The van der Waals surface area contributed by atoms with E-state index in [1.165, 1.54) is 6.07 Å². The second-order valence-corrected chi connectivity index (χ2v) is 7.24. The minimum atomic E-state index is -0.00153. The first kappa shape index (κ1) is 18.7. The predicted octanol–water partition coefficient (Wildman–Crippen LogP) is 7.25. The van der Waals surface area contributed by atoms with Crippen molar-refractivity contribution in [2.75, 3.05) is 0 Å². The van der Waals surface area contributed by atoms with E-state index in [2.05, 4.69) is 12.1 Å². The number of fused-ring (bicyclic) bond motifs is 1. The maximum atomic E-state index is 9.98. The van der Waals surface area contributed by atoms with Gasteiger partial charge in [-0.25, -0.2) is 0 Å². The number of hydrogen-bond donors (Lipinski definition) is 1. The van der Waals surface area contributed by atoms with Crippen LogP contribution in [0.4, 0.5) is 0 Å². The maximum absolute atomic E-state index is 9.98. The van der Waals surface area contributed by atoms with Crippen molar-refractivity contribution in [2.45, 2.75) is 19.8 Å². The molecule has 0 bridgehead atoms. The van der Waals surface area contributed by atoms with E-state index >= 15 is 0 Å². The molecule has 1 heterocycles. The Kier molecular flexibility index (Phi) is 5.16. The fraction of sp³-hybridized carbons (Fsp3) is 0.136. The number of nitrogens with zero attached hydrogens (tertiary/aromatic N) is 1. The fourth-order valence-electron chi connectivity index (χ4n) is 3.15. The molecule has 4 rings (SSSR count). The third kappa shape index (κ3) is 3.53. The molecule has 4 aromatic rings. The molecule has 4 nitrogen and oxygen atoms in total. The van der Waals surface area contributed by atoms with Crippen molar-refractivity contribution in [3.8, 4) is 28.5 Å². The lowest BCUT2D eigenvalue weighted by Crippen LogP contribution is -1.93. The number of hydrogen-bond acceptors (Lipinski definition) is 4. The minimum Gasteiger partial charge on any atom is -0.506 e. The van der Waals surface area contributed by atoms with Crippen LogP contribution < -0.4 is 4.74 Å². The van der Waals surface area contributed by atoms with Crippen molar-refractivity contribution in [2.24, 2.45) is 0 Å². The molecule has 0 saturated heterocycles. The number of halogens is 2. The van der Waals surface area contributed by atoms with Gasteiger partial charge in [0.25, 0.3) is 0 Å². The van der Waals surface area contributed by atoms with Crippen LogP contribution in [0.3, 0.4) is 0 Å². The molecule has 1 aromatic heterocycles. The van der Waals surface area contributed by atoms with Crippen LogP contribution in [0.25, 0.3) is 22.2 Å². The molecule has 0 aliphatic heterocycles. The summed E-state index contributed by atoms with van der Waals surface area (Å²) in [6.07, 6.45) is 1.78. The Labute approximate surface area is 172 Å². The summed E-state index contributed by atoms with van der Waals surface area (Å²) < 4.78 is 11.4. The number of aromatic nitrogens is 1. The average molecular weight is 414 g/mol. The van der Waals surface area contributed by atoms with E-state index in [9.17, 15) is 5.11 Å². The molecule has 3 aromatic carbocycles. The molecule has 0 atom stereocenters. The Morgan fingerprint density at radius 3 is 2.50 bits per heavy atom. The van der Waals surface area contributed by atoms with E-state index in [-0.39, 0.29) is 10.8 Å². The molecule has 0 aliphatic carbocycles. The Hall–Kier alpha value is -2.69. The topological polar surface area (TPSA) is 55.5 Å². The van der Waals surface area contributed by atoms with Gasteiger partial charge in [0.15, 0.2) is 5.58 Å². The average Bonchev–Trinajstić information content (AvgIpc) is 3.12. The maximum Gasteiger partial charge on any atom is 0.169 e. The second-order valence-electron chi connectivity index (χ2n) is 6.43. The lowest BCUT2D eigenvalue weighted by Gasteiger charge is -2.11. The highest BCUT2D eigenvalue weighted by Gasteiger charge is 2.19. The van der Waals surface area contributed by atoms with Gasteiger partial charge in [0.2, 0.25) is 0 Å². The molecule has 0 aliphatic rings. The first-order valence-electron chi connectivity index (χ1n) is 8.90. The summed E-state index contributed by atoms with van der Waals surface area (Å²) >= 11 is 12.2. The number of aryl methyl sites for hydroxylation is 1. The SMILES string of the molecule is CCCc1cc(Oc2ccc(Cl)cc2)ccc1-c1noc2ccc(O)c(Cl)c12. The number of phenols is 1. The summed E-state index contributed by atoms with van der Waals surface area (Å²) in [6, 6.07) is 16.2. The van der Waals surface area contributed by atoms with Crippen LogP contribution in [-0.4, -0.2) is 10.3 Å². The number of ether oxygens (including phenoxy) is 1. The second kappa shape index (κ2) is 7.74. The van der Waals surface area contributed by atoms with Gasteiger partial charge in [-0.3, -0.25) is 0 Å². The van der Waals surface area contributed by atoms with Gasteiger partial charge < -0.3 is 14.4 Å². The largest absolute Gasteiger partial charge is 0.506 e. The number of phenolic OH excluding ortho intramolecular Hbond substituents is 1. The molecule has 0 fully saturated rings. The Balaban J connectivity index is 1.77. The normalized spacial score (nSPS) is 11.1. The summed E-state index contributed by atoms with van der Waals surface area (Å²) in [6.45, 7) is 2.11. The molecule has 0 saturated carbocycles. The fourth-order valence-corrected chi connectivity index (χ4v) is 3.52. The summed E-state index contributed by atoms with van der Waals surface area (Å²) in [5.41, 5.74) is 3.10. The van der Waals surface area contributed by atoms with Gasteiger partial charge in [0, 0.05) is 10.6 Å². The first-order chi connectivity index (χ1) is 13.6. The summed E-state index contributed by atoms with van der Waals surface area (Å²) in [5, 5.41) is 15.7. The van der Waals surface area contributed by atoms with Crippen molar-refractivity contribution in [1.29, 1.82) is 0 Å². The monoisotopic (exact) mass is 413 g/mol. The van der Waals surface area contributed by atoms with Gasteiger partial charge in [-0.15, -0.1) is 0 Å². The molecular formula is C22H17Cl2NO3. The number of rotatable bonds is 5. The number of aromatic hydroxyl groups is 1. The zero-order chi connectivity index (χ0) is 19.7. The number of benzene rings is 3.